The van der Waals surface area contributed by atoms with Crippen LogP contribution in [0.1, 0.15) is 45.6 Å². The van der Waals surface area contributed by atoms with Crippen LogP contribution in [0.4, 0.5) is 0 Å². The van der Waals surface area contributed by atoms with Crippen LogP contribution in [-0.4, -0.2) is 47.7 Å². The molecule has 0 bridgehead atoms. The summed E-state index contributed by atoms with van der Waals surface area (Å²) in [4.78, 5) is 15.4. The molecule has 2 saturated heterocycles. The molecule has 1 aromatic carbocycles. The molecule has 2 N–H and O–H groups in total. The number of halogens is 1. The van der Waals surface area contributed by atoms with Gasteiger partial charge in [-0.15, -0.1) is 11.8 Å². The number of hydrogen-bond acceptors (Lipinski definition) is 4. The van der Waals surface area contributed by atoms with Crippen molar-refractivity contribution in [1.29, 1.82) is 0 Å². The largest absolute Gasteiger partial charge is 0.341 e. The lowest BCUT2D eigenvalue weighted by Gasteiger charge is -2.46. The Bertz CT molecular complexity index is 643. The molecule has 0 saturated carbocycles. The Labute approximate surface area is 172 Å². The predicted molar refractivity (Wildman–Crippen MR) is 115 cm³/mol. The van der Waals surface area contributed by atoms with E-state index in [0.29, 0.717) is 5.92 Å². The van der Waals surface area contributed by atoms with Crippen LogP contribution in [0, 0.1) is 11.3 Å². The third-order valence-corrected chi connectivity index (χ3v) is 7.12. The summed E-state index contributed by atoms with van der Waals surface area (Å²) < 4.78 is 0. The van der Waals surface area contributed by atoms with E-state index in [1.807, 2.05) is 23.9 Å². The molecule has 150 valence electrons. The molecule has 0 aromatic heterocycles. The molecule has 2 fully saturated rings. The highest BCUT2D eigenvalue weighted by molar-refractivity contribution is 8.00. The molecule has 27 heavy (non-hydrogen) atoms. The Morgan fingerprint density at radius 2 is 2.04 bits per heavy atom. The zero-order valence-electron chi connectivity index (χ0n) is 16.8. The molecule has 0 radical (unpaired) electrons. The first kappa shape index (κ1) is 21.0. The van der Waals surface area contributed by atoms with Crippen LogP contribution < -0.4 is 10.6 Å². The van der Waals surface area contributed by atoms with E-state index in [9.17, 15) is 4.79 Å². The molecule has 0 aliphatic carbocycles. The molecular weight excluding hydrogens is 378 g/mol. The highest BCUT2D eigenvalue weighted by Gasteiger charge is 2.40. The Morgan fingerprint density at radius 3 is 2.59 bits per heavy atom. The Kier molecular flexibility index (Phi) is 6.78. The quantitative estimate of drug-likeness (QED) is 0.773. The third kappa shape index (κ3) is 5.00. The van der Waals surface area contributed by atoms with Crippen molar-refractivity contribution in [2.75, 3.05) is 25.4 Å². The maximum absolute atomic E-state index is 13.3. The van der Waals surface area contributed by atoms with Gasteiger partial charge in [0.2, 0.25) is 5.91 Å². The lowest BCUT2D eigenvalue weighted by atomic mass is 9.70. The smallest absolute Gasteiger partial charge is 0.240 e. The third-order valence-electron chi connectivity index (χ3n) is 5.79. The fourth-order valence-corrected chi connectivity index (χ4v) is 5.38. The zero-order valence-corrected chi connectivity index (χ0v) is 18.4. The van der Waals surface area contributed by atoms with Gasteiger partial charge in [-0.25, -0.2) is 0 Å². The van der Waals surface area contributed by atoms with Crippen LogP contribution in [-0.2, 0) is 4.79 Å². The van der Waals surface area contributed by atoms with Crippen LogP contribution in [0.3, 0.4) is 0 Å². The fraction of sp³-hybridized carbons (Fsp3) is 0.667. The molecule has 1 amide bonds. The number of thioether (sulfide) groups is 1. The molecule has 2 unspecified atom stereocenters. The molecule has 0 spiro atoms. The molecular formula is C21H32ClN3OS. The standard InChI is InChI=1S/C21H32ClN3OS/c1-14(2)18(24-20-23-10-12-27-20)19(26)25-11-9-17(21(3,4)13-25)15-5-7-16(22)8-6-15/h5-8,14,17-18,20,23-24H,9-13H2,1-4H3/t17?,18-,20?/m1/s1. The van der Waals surface area contributed by atoms with Gasteiger partial charge in [-0.2, -0.15) is 0 Å². The summed E-state index contributed by atoms with van der Waals surface area (Å²) >= 11 is 7.90. The van der Waals surface area contributed by atoms with Gasteiger partial charge in [-0.05, 0) is 41.4 Å². The average Bonchev–Trinajstić information content (AvgIpc) is 3.12. The number of nitrogens with zero attached hydrogens (tertiary/aromatic N) is 1. The van der Waals surface area contributed by atoms with Crippen molar-refractivity contribution in [3.8, 4) is 0 Å². The number of piperidine rings is 1. The number of hydrogen-bond donors (Lipinski definition) is 2. The van der Waals surface area contributed by atoms with Gasteiger partial charge in [0.15, 0.2) is 0 Å². The van der Waals surface area contributed by atoms with E-state index >= 15 is 0 Å². The Hall–Kier alpha value is -0.750. The number of likely N-dealkylation sites (tertiary alicyclic amines) is 1. The van der Waals surface area contributed by atoms with Crippen LogP contribution in [0.25, 0.3) is 0 Å². The van der Waals surface area contributed by atoms with Crippen LogP contribution in [0.15, 0.2) is 24.3 Å². The number of nitrogens with one attached hydrogen (secondary N) is 2. The van der Waals surface area contributed by atoms with E-state index in [1.54, 1.807) is 0 Å². The van der Waals surface area contributed by atoms with E-state index in [4.69, 9.17) is 11.6 Å². The predicted octanol–water partition coefficient (Wildman–Crippen LogP) is 3.92. The first-order chi connectivity index (χ1) is 12.8. The maximum Gasteiger partial charge on any atom is 0.240 e. The second kappa shape index (κ2) is 8.73. The van der Waals surface area contributed by atoms with Gasteiger partial charge in [0, 0.05) is 30.4 Å². The summed E-state index contributed by atoms with van der Waals surface area (Å²) in [6.07, 6.45) is 0.988. The van der Waals surface area contributed by atoms with Crippen molar-refractivity contribution in [3.63, 3.8) is 0 Å². The van der Waals surface area contributed by atoms with E-state index in [-0.39, 0.29) is 28.8 Å². The summed E-state index contributed by atoms with van der Waals surface area (Å²) in [6.45, 7) is 11.4. The second-order valence-electron chi connectivity index (χ2n) is 8.73. The highest BCUT2D eigenvalue weighted by Crippen LogP contribution is 2.42. The molecule has 3 atom stereocenters. The topological polar surface area (TPSA) is 44.4 Å². The number of amides is 1. The Morgan fingerprint density at radius 1 is 1.33 bits per heavy atom. The van der Waals surface area contributed by atoms with Crippen LogP contribution in [0.5, 0.6) is 0 Å². The number of rotatable bonds is 5. The highest BCUT2D eigenvalue weighted by atomic mass is 35.5. The molecule has 6 heteroatoms. The molecule has 2 heterocycles. The van der Waals surface area contributed by atoms with E-state index in [2.05, 4.69) is 55.4 Å². The minimum atomic E-state index is -0.143. The van der Waals surface area contributed by atoms with Gasteiger partial charge in [0.25, 0.3) is 0 Å². The van der Waals surface area contributed by atoms with Crippen LogP contribution in [0.2, 0.25) is 5.02 Å². The van der Waals surface area contributed by atoms with Crippen LogP contribution >= 0.6 is 23.4 Å². The van der Waals surface area contributed by atoms with Crippen molar-refractivity contribution < 1.29 is 4.79 Å². The molecule has 2 aliphatic heterocycles. The zero-order chi connectivity index (χ0) is 19.6. The summed E-state index contributed by atoms with van der Waals surface area (Å²) in [5, 5.41) is 7.73. The summed E-state index contributed by atoms with van der Waals surface area (Å²) in [5.74, 6) is 2.03. The molecule has 4 nitrogen and oxygen atoms in total. The summed E-state index contributed by atoms with van der Waals surface area (Å²) in [7, 11) is 0. The average molecular weight is 410 g/mol. The van der Waals surface area contributed by atoms with Crippen molar-refractivity contribution in [1.82, 2.24) is 15.5 Å². The minimum Gasteiger partial charge on any atom is -0.341 e. The van der Waals surface area contributed by atoms with Crippen molar-refractivity contribution in [3.05, 3.63) is 34.9 Å². The van der Waals surface area contributed by atoms with E-state index in [1.165, 1.54) is 5.56 Å². The molecule has 2 aliphatic rings. The van der Waals surface area contributed by atoms with Gasteiger partial charge < -0.3 is 4.90 Å². The molecule has 1 aromatic rings. The Balaban J connectivity index is 1.68. The summed E-state index contributed by atoms with van der Waals surface area (Å²) in [6, 6.07) is 8.06. The van der Waals surface area contributed by atoms with Crippen molar-refractivity contribution in [2.45, 2.75) is 51.6 Å². The van der Waals surface area contributed by atoms with Crippen molar-refractivity contribution in [2.24, 2.45) is 11.3 Å². The van der Waals surface area contributed by atoms with E-state index in [0.717, 1.165) is 36.8 Å². The minimum absolute atomic E-state index is 0.0314. The van der Waals surface area contributed by atoms with Gasteiger partial charge >= 0.3 is 0 Å². The van der Waals surface area contributed by atoms with Crippen molar-refractivity contribution >= 4 is 29.3 Å². The molecule has 3 rings (SSSR count). The van der Waals surface area contributed by atoms with Gasteiger partial charge in [0.05, 0.1) is 6.04 Å². The van der Waals surface area contributed by atoms with Gasteiger partial charge in [0.1, 0.15) is 5.50 Å². The second-order valence-corrected chi connectivity index (χ2v) is 10.4. The van der Waals surface area contributed by atoms with Gasteiger partial charge in [-0.3, -0.25) is 15.4 Å². The number of carbonyl (C=O) groups excluding carboxylic acids is 1. The van der Waals surface area contributed by atoms with Gasteiger partial charge in [-0.1, -0.05) is 51.4 Å². The lowest BCUT2D eigenvalue weighted by Crippen LogP contribution is -2.57. The summed E-state index contributed by atoms with van der Waals surface area (Å²) in [5.41, 5.74) is 1.53. The lowest BCUT2D eigenvalue weighted by molar-refractivity contribution is -0.138. The number of carbonyl (C=O) groups is 1. The first-order valence-electron chi connectivity index (χ1n) is 9.93. The normalized spacial score (nSPS) is 26.4. The number of benzene rings is 1. The fourth-order valence-electron chi connectivity index (χ4n) is 4.30. The maximum atomic E-state index is 13.3. The SMILES string of the molecule is CC(C)[C@@H](NC1NCCS1)C(=O)N1CCC(c2ccc(Cl)cc2)C(C)(C)C1. The monoisotopic (exact) mass is 409 g/mol. The van der Waals surface area contributed by atoms with E-state index < -0.39 is 0 Å². The first-order valence-corrected chi connectivity index (χ1v) is 11.4.